The van der Waals surface area contributed by atoms with Gasteiger partial charge in [-0.3, -0.25) is 24.1 Å². The number of amides is 5. The number of imide groups is 1. The molecule has 208 valence electrons. The summed E-state index contributed by atoms with van der Waals surface area (Å²) >= 11 is 0. The van der Waals surface area contributed by atoms with Crippen LogP contribution in [-0.4, -0.2) is 70.7 Å². The number of hydroxylamine groups is 1. The summed E-state index contributed by atoms with van der Waals surface area (Å²) in [4.78, 5) is 64.0. The van der Waals surface area contributed by atoms with E-state index in [2.05, 4.69) is 5.48 Å². The Bertz CT molecular complexity index is 1000. The molecule has 0 aromatic heterocycles. The average molecular weight is 527 g/mol. The van der Waals surface area contributed by atoms with Crippen LogP contribution < -0.4 is 5.48 Å². The Labute approximate surface area is 225 Å². The summed E-state index contributed by atoms with van der Waals surface area (Å²) in [6.07, 6.45) is 7.85. The molecule has 2 saturated heterocycles. The van der Waals surface area contributed by atoms with Gasteiger partial charge in [0.25, 0.3) is 5.91 Å². The van der Waals surface area contributed by atoms with E-state index >= 15 is 0 Å². The topological polar surface area (TPSA) is 99.3 Å². The Morgan fingerprint density at radius 2 is 1.66 bits per heavy atom. The maximum absolute atomic E-state index is 14.0. The Morgan fingerprint density at radius 3 is 2.26 bits per heavy atom. The zero-order valence-electron chi connectivity index (χ0n) is 23.0. The molecule has 4 rings (SSSR count). The lowest BCUT2D eigenvalue weighted by atomic mass is 9.81. The van der Waals surface area contributed by atoms with Crippen LogP contribution in [0.2, 0.25) is 0 Å². The lowest BCUT2D eigenvalue weighted by Crippen LogP contribution is -2.51. The van der Waals surface area contributed by atoms with Crippen molar-refractivity contribution >= 4 is 23.8 Å². The lowest BCUT2D eigenvalue weighted by molar-refractivity contribution is -0.150. The molecule has 0 bridgehead atoms. The quantitative estimate of drug-likeness (QED) is 0.370. The summed E-state index contributed by atoms with van der Waals surface area (Å²) in [5, 5.41) is 0. The van der Waals surface area contributed by atoms with Crippen molar-refractivity contribution in [3.8, 4) is 0 Å². The van der Waals surface area contributed by atoms with Crippen LogP contribution in [0.5, 0.6) is 0 Å². The number of hydrogen-bond acceptors (Lipinski definition) is 5. The highest BCUT2D eigenvalue weighted by molar-refractivity contribution is 6.06. The number of likely N-dealkylation sites (tertiary alicyclic amines) is 1. The first-order valence-corrected chi connectivity index (χ1v) is 14.0. The molecular formula is C29H42N4O5. The zero-order valence-corrected chi connectivity index (χ0v) is 23.0. The number of hydrogen-bond donors (Lipinski definition) is 1. The second kappa shape index (κ2) is 12.3. The van der Waals surface area contributed by atoms with Crippen LogP contribution >= 0.6 is 0 Å². The van der Waals surface area contributed by atoms with Gasteiger partial charge in [-0.05, 0) is 51.0 Å². The summed E-state index contributed by atoms with van der Waals surface area (Å²) in [6.45, 7) is 4.76. The number of piperidine rings is 1. The van der Waals surface area contributed by atoms with Gasteiger partial charge in [0.1, 0.15) is 5.54 Å². The van der Waals surface area contributed by atoms with E-state index in [1.54, 1.807) is 20.9 Å². The second-order valence-electron chi connectivity index (χ2n) is 11.5. The third-order valence-electron chi connectivity index (χ3n) is 8.63. The fourth-order valence-corrected chi connectivity index (χ4v) is 5.96. The largest absolute Gasteiger partial charge is 0.342 e. The second-order valence-corrected chi connectivity index (χ2v) is 11.5. The maximum atomic E-state index is 14.0. The number of nitrogens with one attached hydrogen (secondary N) is 1. The first-order chi connectivity index (χ1) is 18.2. The smallest absolute Gasteiger partial charge is 0.327 e. The molecule has 1 aliphatic carbocycles. The SMILES string of the molecule is CN1C(=O)N(C[C@H](C(=O)NOCc2ccccc2)[C@@H](CC2CCCC2)C(=O)N2CCCCC2)C(=O)C1(C)C. The third-order valence-corrected chi connectivity index (χ3v) is 8.63. The van der Waals surface area contributed by atoms with Crippen molar-refractivity contribution in [1.82, 2.24) is 20.2 Å². The van der Waals surface area contributed by atoms with Crippen LogP contribution in [0, 0.1) is 17.8 Å². The highest BCUT2D eigenvalue weighted by Crippen LogP contribution is 2.36. The van der Waals surface area contributed by atoms with E-state index in [0.29, 0.717) is 25.4 Å². The average Bonchev–Trinajstić information content (AvgIpc) is 3.49. The van der Waals surface area contributed by atoms with Crippen molar-refractivity contribution in [3.63, 3.8) is 0 Å². The minimum absolute atomic E-state index is 0.0495. The molecule has 1 aromatic carbocycles. The highest BCUT2D eigenvalue weighted by Gasteiger charge is 2.51. The molecule has 2 heterocycles. The van der Waals surface area contributed by atoms with Crippen molar-refractivity contribution in [2.45, 2.75) is 77.4 Å². The normalized spacial score (nSPS) is 21.6. The van der Waals surface area contributed by atoms with Gasteiger partial charge in [-0.25, -0.2) is 10.3 Å². The van der Waals surface area contributed by atoms with E-state index < -0.39 is 29.3 Å². The Balaban J connectivity index is 1.59. The molecular weight excluding hydrogens is 484 g/mol. The molecule has 1 aromatic rings. The van der Waals surface area contributed by atoms with Crippen molar-refractivity contribution < 1.29 is 24.0 Å². The fraction of sp³-hybridized carbons (Fsp3) is 0.655. The Hall–Kier alpha value is -2.94. The van der Waals surface area contributed by atoms with Crippen LogP contribution in [0.15, 0.2) is 30.3 Å². The fourth-order valence-electron chi connectivity index (χ4n) is 5.96. The minimum Gasteiger partial charge on any atom is -0.342 e. The molecule has 0 radical (unpaired) electrons. The maximum Gasteiger partial charge on any atom is 0.327 e. The van der Waals surface area contributed by atoms with Gasteiger partial charge in [-0.1, -0.05) is 56.0 Å². The standard InChI is InChI=1S/C29H42N4O5/c1-29(2)27(36)33(28(37)31(29)3)19-24(25(34)30-38-20-22-14-6-4-7-15-22)23(18-21-12-8-9-13-21)26(35)32-16-10-5-11-17-32/h4,6-7,14-15,21,23-24H,5,8-13,16-20H2,1-3H3,(H,30,34)/t23-,24+/m1/s1. The molecule has 3 fully saturated rings. The van der Waals surface area contributed by atoms with Crippen LogP contribution in [0.1, 0.15) is 70.8 Å². The highest BCUT2D eigenvalue weighted by atomic mass is 16.6. The van der Waals surface area contributed by atoms with Crippen LogP contribution in [-0.2, 0) is 25.8 Å². The van der Waals surface area contributed by atoms with Crippen molar-refractivity contribution in [3.05, 3.63) is 35.9 Å². The molecule has 9 nitrogen and oxygen atoms in total. The van der Waals surface area contributed by atoms with E-state index in [1.807, 2.05) is 35.2 Å². The van der Waals surface area contributed by atoms with Crippen LogP contribution in [0.4, 0.5) is 4.79 Å². The number of carbonyl (C=O) groups is 4. The summed E-state index contributed by atoms with van der Waals surface area (Å²) in [5.41, 5.74) is 2.44. The van der Waals surface area contributed by atoms with Crippen molar-refractivity contribution in [1.29, 1.82) is 0 Å². The number of likely N-dealkylation sites (N-methyl/N-ethyl adjacent to an activating group) is 1. The Morgan fingerprint density at radius 1 is 1.00 bits per heavy atom. The van der Waals surface area contributed by atoms with Crippen LogP contribution in [0.25, 0.3) is 0 Å². The molecule has 1 N–H and O–H groups in total. The molecule has 1 saturated carbocycles. The van der Waals surface area contributed by atoms with E-state index in [4.69, 9.17) is 4.84 Å². The van der Waals surface area contributed by atoms with Crippen molar-refractivity contribution in [2.75, 3.05) is 26.7 Å². The van der Waals surface area contributed by atoms with Gasteiger partial charge in [0, 0.05) is 26.7 Å². The van der Waals surface area contributed by atoms with Gasteiger partial charge >= 0.3 is 6.03 Å². The van der Waals surface area contributed by atoms with Gasteiger partial charge in [0.2, 0.25) is 11.8 Å². The monoisotopic (exact) mass is 526 g/mol. The van der Waals surface area contributed by atoms with E-state index in [1.165, 1.54) is 4.90 Å². The van der Waals surface area contributed by atoms with E-state index in [0.717, 1.165) is 55.4 Å². The summed E-state index contributed by atoms with van der Waals surface area (Å²) in [6, 6.07) is 9.02. The number of benzene rings is 1. The third kappa shape index (κ3) is 6.20. The predicted octanol–water partition coefficient (Wildman–Crippen LogP) is 3.73. The van der Waals surface area contributed by atoms with Crippen molar-refractivity contribution in [2.24, 2.45) is 17.8 Å². The minimum atomic E-state index is -1.01. The molecule has 9 heteroatoms. The molecule has 0 spiro atoms. The number of carbonyl (C=O) groups excluding carboxylic acids is 4. The van der Waals surface area contributed by atoms with Gasteiger partial charge in [-0.2, -0.15) is 0 Å². The summed E-state index contributed by atoms with van der Waals surface area (Å²) in [5.74, 6) is -2.08. The molecule has 2 aliphatic heterocycles. The molecule has 0 unspecified atom stereocenters. The number of nitrogens with zero attached hydrogens (tertiary/aromatic N) is 3. The van der Waals surface area contributed by atoms with E-state index in [9.17, 15) is 19.2 Å². The number of rotatable bonds is 10. The van der Waals surface area contributed by atoms with Gasteiger partial charge in [-0.15, -0.1) is 0 Å². The first kappa shape index (κ1) is 28.1. The van der Waals surface area contributed by atoms with Gasteiger partial charge in [0.05, 0.1) is 18.4 Å². The number of urea groups is 1. The van der Waals surface area contributed by atoms with Gasteiger partial charge in [0.15, 0.2) is 0 Å². The first-order valence-electron chi connectivity index (χ1n) is 14.0. The predicted molar refractivity (Wildman–Crippen MR) is 142 cm³/mol. The van der Waals surface area contributed by atoms with Crippen LogP contribution in [0.3, 0.4) is 0 Å². The lowest BCUT2D eigenvalue weighted by Gasteiger charge is -2.35. The Kier molecular flexibility index (Phi) is 9.07. The molecule has 5 amide bonds. The van der Waals surface area contributed by atoms with Gasteiger partial charge < -0.3 is 9.80 Å². The zero-order chi connectivity index (χ0) is 27.3. The summed E-state index contributed by atoms with van der Waals surface area (Å²) < 4.78 is 0. The molecule has 2 atom stereocenters. The van der Waals surface area contributed by atoms with E-state index in [-0.39, 0.29) is 25.0 Å². The molecule has 38 heavy (non-hydrogen) atoms. The molecule has 3 aliphatic rings. The summed E-state index contributed by atoms with van der Waals surface area (Å²) in [7, 11) is 1.59.